The second-order valence-corrected chi connectivity index (χ2v) is 10.2. The van der Waals surface area contributed by atoms with Crippen LogP contribution in [0.5, 0.6) is 0 Å². The highest BCUT2D eigenvalue weighted by molar-refractivity contribution is 14.1. The van der Waals surface area contributed by atoms with Crippen molar-refractivity contribution in [2.45, 2.75) is 66.3 Å². The number of ether oxygens (including phenoxy) is 2. The minimum atomic E-state index is -0.923. The molecule has 1 aromatic rings. The Morgan fingerprint density at radius 2 is 1.84 bits per heavy atom. The molecule has 1 fully saturated rings. The zero-order chi connectivity index (χ0) is 18.8. The van der Waals surface area contributed by atoms with Crippen LogP contribution in [0.3, 0.4) is 0 Å². The summed E-state index contributed by atoms with van der Waals surface area (Å²) in [5, 5.41) is 0. The van der Waals surface area contributed by atoms with E-state index in [4.69, 9.17) is 9.47 Å². The number of cyclic esters (lactones) is 1. The van der Waals surface area contributed by atoms with Crippen molar-refractivity contribution in [3.05, 3.63) is 30.3 Å². The van der Waals surface area contributed by atoms with Gasteiger partial charge in [-0.25, -0.2) is 0 Å². The molecule has 1 aliphatic rings. The first-order chi connectivity index (χ1) is 11.6. The van der Waals surface area contributed by atoms with E-state index in [9.17, 15) is 9.59 Å². The van der Waals surface area contributed by atoms with Crippen molar-refractivity contribution in [3.63, 3.8) is 0 Å². The Morgan fingerprint density at radius 1 is 1.24 bits per heavy atom. The molecule has 0 aromatic heterocycles. The highest BCUT2D eigenvalue weighted by Crippen LogP contribution is 2.48. The third kappa shape index (κ3) is 4.70. The predicted octanol–water partition coefficient (Wildman–Crippen LogP) is 4.63. The van der Waals surface area contributed by atoms with E-state index in [2.05, 4.69) is 22.6 Å². The highest BCUT2D eigenvalue weighted by Gasteiger charge is 2.57. The van der Waals surface area contributed by atoms with Gasteiger partial charge in [-0.2, -0.15) is 0 Å². The number of hydrogen-bond donors (Lipinski definition) is 0. The average Bonchev–Trinajstić information content (AvgIpc) is 2.82. The van der Waals surface area contributed by atoms with Crippen molar-refractivity contribution >= 4 is 46.3 Å². The van der Waals surface area contributed by atoms with Crippen molar-refractivity contribution in [3.8, 4) is 0 Å². The molecular formula is C19H25IO4S. The molecule has 1 unspecified atom stereocenters. The first-order valence-electron chi connectivity index (χ1n) is 8.40. The van der Waals surface area contributed by atoms with Gasteiger partial charge in [-0.05, 0) is 46.2 Å². The summed E-state index contributed by atoms with van der Waals surface area (Å²) >= 11 is 3.55. The van der Waals surface area contributed by atoms with Crippen LogP contribution in [0.4, 0.5) is 0 Å². The van der Waals surface area contributed by atoms with Gasteiger partial charge in [-0.1, -0.05) is 47.7 Å². The van der Waals surface area contributed by atoms with Crippen LogP contribution in [0, 0.1) is 5.92 Å². The topological polar surface area (TPSA) is 52.6 Å². The monoisotopic (exact) mass is 476 g/mol. The summed E-state index contributed by atoms with van der Waals surface area (Å²) in [6, 6.07) is 9.75. The van der Waals surface area contributed by atoms with Crippen LogP contribution in [0.1, 0.15) is 41.0 Å². The third-order valence-electron chi connectivity index (χ3n) is 4.12. The lowest BCUT2D eigenvalue weighted by molar-refractivity contribution is -0.160. The normalized spacial score (nSPS) is 26.0. The number of carbonyl (C=O) groups excluding carboxylic acids is 2. The molecule has 0 saturated carbocycles. The molecule has 1 aliphatic heterocycles. The second kappa shape index (κ2) is 7.86. The first kappa shape index (κ1) is 20.6. The first-order valence-corrected chi connectivity index (χ1v) is 10.5. The number of rotatable bonds is 5. The lowest BCUT2D eigenvalue weighted by Gasteiger charge is -2.37. The lowest BCUT2D eigenvalue weighted by atomic mass is 9.85. The van der Waals surface area contributed by atoms with E-state index in [1.54, 1.807) is 0 Å². The van der Waals surface area contributed by atoms with Crippen LogP contribution >= 0.6 is 34.4 Å². The smallest absolute Gasteiger partial charge is 0.323 e. The summed E-state index contributed by atoms with van der Waals surface area (Å²) < 4.78 is 9.96. The van der Waals surface area contributed by atoms with E-state index in [1.807, 2.05) is 65.0 Å². The maximum absolute atomic E-state index is 13.2. The van der Waals surface area contributed by atoms with Crippen molar-refractivity contribution in [2.24, 2.45) is 5.92 Å². The quantitative estimate of drug-likeness (QED) is 0.269. The van der Waals surface area contributed by atoms with E-state index in [0.717, 1.165) is 4.90 Å². The second-order valence-electron chi connectivity index (χ2n) is 7.34. The fourth-order valence-electron chi connectivity index (χ4n) is 2.95. The van der Waals surface area contributed by atoms with E-state index >= 15 is 0 Å². The van der Waals surface area contributed by atoms with Gasteiger partial charge in [0.15, 0.2) is 0 Å². The van der Waals surface area contributed by atoms with Crippen LogP contribution < -0.4 is 0 Å². The Morgan fingerprint density at radius 3 is 2.36 bits per heavy atom. The van der Waals surface area contributed by atoms with Gasteiger partial charge in [0.25, 0.3) is 0 Å². The van der Waals surface area contributed by atoms with Crippen LogP contribution in [0.2, 0.25) is 0 Å². The molecule has 138 valence electrons. The molecule has 1 saturated heterocycles. The van der Waals surface area contributed by atoms with Crippen molar-refractivity contribution in [1.82, 2.24) is 0 Å². The molecule has 0 amide bonds. The van der Waals surface area contributed by atoms with Gasteiger partial charge in [0, 0.05) is 10.8 Å². The number of esters is 2. The summed E-state index contributed by atoms with van der Waals surface area (Å²) in [6.45, 7) is 9.41. The third-order valence-corrected chi connectivity index (χ3v) is 6.78. The van der Waals surface area contributed by atoms with Gasteiger partial charge in [0.1, 0.15) is 20.4 Å². The molecule has 1 heterocycles. The highest BCUT2D eigenvalue weighted by atomic mass is 127. The molecule has 0 N–H and O–H groups in total. The predicted molar refractivity (Wildman–Crippen MR) is 108 cm³/mol. The molecule has 4 nitrogen and oxygen atoms in total. The summed E-state index contributed by atoms with van der Waals surface area (Å²) in [5.74, 6) is -0.816. The number of hydrogen-bond acceptors (Lipinski definition) is 5. The number of benzene rings is 1. The molecule has 0 bridgehead atoms. The van der Waals surface area contributed by atoms with Crippen LogP contribution in [0.15, 0.2) is 35.2 Å². The molecule has 6 heteroatoms. The molecule has 4 atom stereocenters. The van der Waals surface area contributed by atoms with E-state index in [1.165, 1.54) is 11.8 Å². The fraction of sp³-hybridized carbons (Fsp3) is 0.579. The molecule has 1 aromatic carbocycles. The standard InChI is InChI=1S/C19H25IO4S/c1-6-13-14(15(20)16(21)23-13)19(5,17(22)24-18(2,3)4)25-12-10-8-7-9-11-12/h7-11,13-15H,6H2,1-5H3/t13-,14-,15+,19?/m0/s1. The van der Waals surface area contributed by atoms with Gasteiger partial charge < -0.3 is 9.47 Å². The van der Waals surface area contributed by atoms with Crippen LogP contribution in [-0.2, 0) is 19.1 Å². The summed E-state index contributed by atoms with van der Waals surface area (Å²) in [7, 11) is 0. The van der Waals surface area contributed by atoms with E-state index < -0.39 is 10.3 Å². The lowest BCUT2D eigenvalue weighted by Crippen LogP contribution is -2.49. The Labute approximate surface area is 167 Å². The van der Waals surface area contributed by atoms with Gasteiger partial charge in [-0.3, -0.25) is 9.59 Å². The Kier molecular flexibility index (Phi) is 6.46. The van der Waals surface area contributed by atoms with Gasteiger partial charge in [-0.15, -0.1) is 11.8 Å². The maximum Gasteiger partial charge on any atom is 0.323 e. The summed E-state index contributed by atoms with van der Waals surface area (Å²) in [6.07, 6.45) is 0.382. The Balaban J connectivity index is 2.44. The van der Waals surface area contributed by atoms with Crippen molar-refractivity contribution < 1.29 is 19.1 Å². The van der Waals surface area contributed by atoms with Gasteiger partial charge in [0.2, 0.25) is 0 Å². The largest absolute Gasteiger partial charge is 0.461 e. The van der Waals surface area contributed by atoms with E-state index in [0.29, 0.717) is 6.42 Å². The molecule has 2 rings (SSSR count). The molecular weight excluding hydrogens is 451 g/mol. The number of alkyl halides is 1. The minimum absolute atomic E-state index is 0.249. The SMILES string of the molecule is CC[C@@H]1OC(=O)[C@H](I)[C@H]1C(C)(Sc1ccccc1)C(=O)OC(C)(C)C. The van der Waals surface area contributed by atoms with Crippen LogP contribution in [0.25, 0.3) is 0 Å². The zero-order valence-corrected chi connectivity index (χ0v) is 18.2. The molecule has 0 aliphatic carbocycles. The van der Waals surface area contributed by atoms with Crippen molar-refractivity contribution in [1.29, 1.82) is 0 Å². The van der Waals surface area contributed by atoms with E-state index in [-0.39, 0.29) is 27.9 Å². The average molecular weight is 476 g/mol. The minimum Gasteiger partial charge on any atom is -0.461 e. The fourth-order valence-corrected chi connectivity index (χ4v) is 5.86. The molecule has 0 spiro atoms. The van der Waals surface area contributed by atoms with Crippen LogP contribution in [-0.4, -0.2) is 32.3 Å². The number of halogens is 1. The van der Waals surface area contributed by atoms with Gasteiger partial charge in [0.05, 0.1) is 0 Å². The summed E-state index contributed by atoms with van der Waals surface area (Å²) in [5.41, 5.74) is -0.596. The van der Waals surface area contributed by atoms with Gasteiger partial charge >= 0.3 is 11.9 Å². The molecule has 0 radical (unpaired) electrons. The maximum atomic E-state index is 13.2. The number of thioether (sulfide) groups is 1. The zero-order valence-electron chi connectivity index (χ0n) is 15.2. The Bertz CT molecular complexity index is 628. The summed E-state index contributed by atoms with van der Waals surface area (Å²) in [4.78, 5) is 26.3. The number of carbonyl (C=O) groups is 2. The van der Waals surface area contributed by atoms with Crippen molar-refractivity contribution in [2.75, 3.05) is 0 Å². The Hall–Kier alpha value is -0.760. The molecule has 25 heavy (non-hydrogen) atoms.